The average Bonchev–Trinajstić information content (AvgIpc) is 2.70. The van der Waals surface area contributed by atoms with Gasteiger partial charge in [-0.15, -0.1) is 6.58 Å². The van der Waals surface area contributed by atoms with E-state index >= 15 is 0 Å². The SMILES string of the molecule is C=CCN(C(=C)OCc1ccc(C)cc1)C1CCN(CCC(C)CN(C)C)CC1. The lowest BCUT2D eigenvalue weighted by Gasteiger charge is -2.40. The second kappa shape index (κ2) is 12.0. The summed E-state index contributed by atoms with van der Waals surface area (Å²) in [5.74, 6) is 1.51. The Kier molecular flexibility index (Phi) is 9.75. The molecule has 0 spiro atoms. The minimum absolute atomic E-state index is 0.481. The summed E-state index contributed by atoms with van der Waals surface area (Å²) in [6.07, 6.45) is 5.53. The number of aryl methyl sites for hydroxylation is 1. The molecular formula is C25H41N3O. The van der Waals surface area contributed by atoms with Crippen LogP contribution in [0.25, 0.3) is 0 Å². The van der Waals surface area contributed by atoms with E-state index in [9.17, 15) is 0 Å². The maximum absolute atomic E-state index is 6.04. The highest BCUT2D eigenvalue weighted by Crippen LogP contribution is 2.22. The van der Waals surface area contributed by atoms with Gasteiger partial charge < -0.3 is 19.4 Å². The molecule has 0 saturated carbocycles. The number of benzene rings is 1. The minimum atomic E-state index is 0.481. The highest BCUT2D eigenvalue weighted by atomic mass is 16.5. The number of hydrogen-bond acceptors (Lipinski definition) is 4. The van der Waals surface area contributed by atoms with Crippen molar-refractivity contribution in [2.24, 2.45) is 5.92 Å². The summed E-state index contributed by atoms with van der Waals surface area (Å²) in [7, 11) is 4.31. The van der Waals surface area contributed by atoms with Gasteiger partial charge in [-0.1, -0.05) is 42.8 Å². The molecule has 0 bridgehead atoms. The van der Waals surface area contributed by atoms with Crippen LogP contribution in [0.15, 0.2) is 49.4 Å². The number of piperidine rings is 1. The summed E-state index contributed by atoms with van der Waals surface area (Å²) in [4.78, 5) is 7.20. The maximum atomic E-state index is 6.04. The quantitative estimate of drug-likeness (QED) is 0.380. The van der Waals surface area contributed by atoms with Gasteiger partial charge in [0.05, 0.1) is 0 Å². The van der Waals surface area contributed by atoms with Crippen molar-refractivity contribution in [3.05, 3.63) is 60.5 Å². The van der Waals surface area contributed by atoms with Gasteiger partial charge in [-0.2, -0.15) is 0 Å². The first kappa shape index (κ1) is 23.5. The molecule has 0 aliphatic carbocycles. The van der Waals surface area contributed by atoms with Gasteiger partial charge in [-0.05, 0) is 64.9 Å². The lowest BCUT2D eigenvalue weighted by molar-refractivity contribution is 0.0564. The molecule has 1 atom stereocenters. The minimum Gasteiger partial charge on any atom is -0.475 e. The van der Waals surface area contributed by atoms with Crippen LogP contribution in [0.5, 0.6) is 0 Å². The zero-order valence-electron chi connectivity index (χ0n) is 19.1. The molecule has 1 heterocycles. The third-order valence-electron chi connectivity index (χ3n) is 5.79. The zero-order valence-corrected chi connectivity index (χ0v) is 19.1. The number of nitrogens with zero attached hydrogens (tertiary/aromatic N) is 3. The number of likely N-dealkylation sites (tertiary alicyclic amines) is 1. The van der Waals surface area contributed by atoms with Gasteiger partial charge >= 0.3 is 0 Å². The molecule has 4 nitrogen and oxygen atoms in total. The average molecular weight is 400 g/mol. The van der Waals surface area contributed by atoms with E-state index in [4.69, 9.17) is 4.74 Å². The first-order valence-electron chi connectivity index (χ1n) is 11.0. The molecule has 4 heteroatoms. The standard InChI is InChI=1S/C25H41N3O/c1-7-15-28(23(4)29-20-24-10-8-21(2)9-11-24)25-13-17-27(18-14-25)16-12-22(3)19-26(5)6/h7-11,22,25H,1,4,12-20H2,2-3,5-6H3. The van der Waals surface area contributed by atoms with Crippen molar-refractivity contribution in [2.75, 3.05) is 46.8 Å². The van der Waals surface area contributed by atoms with E-state index in [1.807, 2.05) is 6.08 Å². The van der Waals surface area contributed by atoms with Crippen LogP contribution >= 0.6 is 0 Å². The molecule has 1 aromatic carbocycles. The molecule has 1 unspecified atom stereocenters. The van der Waals surface area contributed by atoms with Gasteiger partial charge in [0.2, 0.25) is 0 Å². The third-order valence-corrected chi connectivity index (χ3v) is 5.79. The van der Waals surface area contributed by atoms with Crippen molar-refractivity contribution in [3.63, 3.8) is 0 Å². The van der Waals surface area contributed by atoms with Gasteiger partial charge in [0, 0.05) is 32.2 Å². The van der Waals surface area contributed by atoms with Crippen molar-refractivity contribution >= 4 is 0 Å². The second-order valence-corrected chi connectivity index (χ2v) is 8.84. The second-order valence-electron chi connectivity index (χ2n) is 8.84. The van der Waals surface area contributed by atoms with Crippen LogP contribution in [-0.4, -0.2) is 67.6 Å². The summed E-state index contributed by atoms with van der Waals surface area (Å²) in [6.45, 7) is 18.6. The van der Waals surface area contributed by atoms with Crippen LogP contribution in [0.1, 0.15) is 37.3 Å². The van der Waals surface area contributed by atoms with Gasteiger partial charge in [-0.3, -0.25) is 0 Å². The number of rotatable bonds is 12. The zero-order chi connectivity index (χ0) is 21.2. The molecular weight excluding hydrogens is 358 g/mol. The third kappa shape index (κ3) is 8.23. The Balaban J connectivity index is 1.79. The Morgan fingerprint density at radius 1 is 1.24 bits per heavy atom. The molecule has 0 amide bonds. The summed E-state index contributed by atoms with van der Waals surface area (Å²) in [5.41, 5.74) is 2.45. The maximum Gasteiger partial charge on any atom is 0.182 e. The summed E-state index contributed by atoms with van der Waals surface area (Å²) in [5, 5.41) is 0. The Labute approximate surface area is 178 Å². The molecule has 1 fully saturated rings. The molecule has 29 heavy (non-hydrogen) atoms. The Bertz CT molecular complexity index is 617. The van der Waals surface area contributed by atoms with Crippen LogP contribution in [0.2, 0.25) is 0 Å². The molecule has 1 aromatic rings. The molecule has 0 aromatic heterocycles. The van der Waals surface area contributed by atoms with Crippen LogP contribution in [0.3, 0.4) is 0 Å². The van der Waals surface area contributed by atoms with Crippen LogP contribution in [0.4, 0.5) is 0 Å². The topological polar surface area (TPSA) is 19.0 Å². The van der Waals surface area contributed by atoms with E-state index in [0.717, 1.165) is 44.3 Å². The predicted molar refractivity (Wildman–Crippen MR) is 124 cm³/mol. The van der Waals surface area contributed by atoms with E-state index in [2.05, 4.69) is 80.1 Å². The summed E-state index contributed by atoms with van der Waals surface area (Å²) < 4.78 is 6.04. The van der Waals surface area contributed by atoms with Crippen LogP contribution in [0, 0.1) is 12.8 Å². The normalized spacial score (nSPS) is 16.6. The Hall–Kier alpha value is -1.78. The molecule has 1 aliphatic rings. The Morgan fingerprint density at radius 2 is 1.90 bits per heavy atom. The largest absolute Gasteiger partial charge is 0.475 e. The highest BCUT2D eigenvalue weighted by Gasteiger charge is 2.25. The fourth-order valence-corrected chi connectivity index (χ4v) is 4.10. The predicted octanol–water partition coefficient (Wildman–Crippen LogP) is 4.52. The van der Waals surface area contributed by atoms with Gasteiger partial charge in [0.25, 0.3) is 0 Å². The Morgan fingerprint density at radius 3 is 2.48 bits per heavy atom. The molecule has 2 rings (SSSR count). The fraction of sp³-hybridized carbons (Fsp3) is 0.600. The van der Waals surface area contributed by atoms with E-state index in [0.29, 0.717) is 12.6 Å². The van der Waals surface area contributed by atoms with Crippen molar-refractivity contribution in [2.45, 2.75) is 45.8 Å². The lowest BCUT2D eigenvalue weighted by atomic mass is 10.0. The van der Waals surface area contributed by atoms with E-state index in [1.54, 1.807) is 0 Å². The molecule has 1 saturated heterocycles. The van der Waals surface area contributed by atoms with E-state index < -0.39 is 0 Å². The van der Waals surface area contributed by atoms with Crippen molar-refractivity contribution in [1.29, 1.82) is 0 Å². The molecule has 162 valence electrons. The van der Waals surface area contributed by atoms with Gasteiger partial charge in [-0.25, -0.2) is 0 Å². The van der Waals surface area contributed by atoms with Gasteiger partial charge in [0.1, 0.15) is 6.61 Å². The highest BCUT2D eigenvalue weighted by molar-refractivity contribution is 5.20. The summed E-state index contributed by atoms with van der Waals surface area (Å²) in [6, 6.07) is 8.97. The van der Waals surface area contributed by atoms with Crippen LogP contribution < -0.4 is 0 Å². The number of ether oxygens (including phenoxy) is 1. The molecule has 0 radical (unpaired) electrons. The summed E-state index contributed by atoms with van der Waals surface area (Å²) >= 11 is 0. The van der Waals surface area contributed by atoms with E-state index in [-0.39, 0.29) is 0 Å². The van der Waals surface area contributed by atoms with Crippen molar-refractivity contribution in [1.82, 2.24) is 14.7 Å². The smallest absolute Gasteiger partial charge is 0.182 e. The van der Waals surface area contributed by atoms with Crippen molar-refractivity contribution < 1.29 is 4.74 Å². The molecule has 0 N–H and O–H groups in total. The monoisotopic (exact) mass is 399 g/mol. The van der Waals surface area contributed by atoms with Gasteiger partial charge in [0.15, 0.2) is 5.88 Å². The van der Waals surface area contributed by atoms with E-state index in [1.165, 1.54) is 30.6 Å². The lowest BCUT2D eigenvalue weighted by Crippen LogP contribution is -2.45. The van der Waals surface area contributed by atoms with Crippen LogP contribution in [-0.2, 0) is 11.3 Å². The first-order valence-corrected chi connectivity index (χ1v) is 11.0. The molecule has 1 aliphatic heterocycles. The first-order chi connectivity index (χ1) is 13.9. The number of hydrogen-bond donors (Lipinski definition) is 0. The van der Waals surface area contributed by atoms with Crippen molar-refractivity contribution in [3.8, 4) is 0 Å². The fourth-order valence-electron chi connectivity index (χ4n) is 4.10.